The molecule has 1 aliphatic rings. The lowest BCUT2D eigenvalue weighted by Gasteiger charge is -2.00. The van der Waals surface area contributed by atoms with Crippen LogP contribution in [0.15, 0.2) is 17.0 Å². The van der Waals surface area contributed by atoms with Crippen LogP contribution in [0, 0.1) is 0 Å². The molecule has 3 rings (SSSR count). The molecule has 1 amide bonds. The first-order valence-corrected chi connectivity index (χ1v) is 7.15. The summed E-state index contributed by atoms with van der Waals surface area (Å²) in [7, 11) is 1.43. The van der Waals surface area contributed by atoms with Gasteiger partial charge in [-0.25, -0.2) is 4.98 Å². The SMILES string of the molecule is COOc1ccc2sc3c(c2n1)SCCNC3=O. The molecule has 3 heterocycles. The van der Waals surface area contributed by atoms with Crippen LogP contribution in [-0.2, 0) is 4.89 Å². The third-order valence-corrected chi connectivity index (χ3v) is 4.84. The zero-order valence-corrected chi connectivity index (χ0v) is 11.2. The lowest BCUT2D eigenvalue weighted by Crippen LogP contribution is -2.22. The summed E-state index contributed by atoms with van der Waals surface area (Å²) in [4.78, 5) is 27.4. The first-order valence-electron chi connectivity index (χ1n) is 5.35. The van der Waals surface area contributed by atoms with Gasteiger partial charge < -0.3 is 10.2 Å². The standard InChI is InChI=1S/C11H10N2O3S2/c1-15-16-7-3-2-6-8(13-7)9-10(18-6)11(14)12-4-5-17-9/h2-3H,4-5H2,1H3,(H,12,14). The number of thiophene rings is 1. The van der Waals surface area contributed by atoms with Crippen molar-refractivity contribution in [3.8, 4) is 5.88 Å². The molecule has 0 atom stereocenters. The van der Waals surface area contributed by atoms with Crippen molar-refractivity contribution in [1.82, 2.24) is 10.3 Å². The van der Waals surface area contributed by atoms with E-state index >= 15 is 0 Å². The number of thioether (sulfide) groups is 1. The summed E-state index contributed by atoms with van der Waals surface area (Å²) in [5.41, 5.74) is 0.812. The number of hydrogen-bond acceptors (Lipinski definition) is 6. The molecule has 0 radical (unpaired) electrons. The van der Waals surface area contributed by atoms with Gasteiger partial charge in [-0.2, -0.15) is 4.89 Å². The van der Waals surface area contributed by atoms with Crippen LogP contribution in [0.5, 0.6) is 5.88 Å². The molecule has 94 valence electrons. The Morgan fingerprint density at radius 2 is 2.33 bits per heavy atom. The molecule has 0 saturated carbocycles. The summed E-state index contributed by atoms with van der Waals surface area (Å²) in [6, 6.07) is 3.62. The van der Waals surface area contributed by atoms with Crippen molar-refractivity contribution in [2.24, 2.45) is 0 Å². The number of nitrogens with one attached hydrogen (secondary N) is 1. The normalized spacial score (nSPS) is 15.1. The Balaban J connectivity index is 2.16. The smallest absolute Gasteiger partial charge is 0.262 e. The summed E-state index contributed by atoms with van der Waals surface area (Å²) in [5.74, 6) is 1.23. The zero-order chi connectivity index (χ0) is 12.5. The Hall–Kier alpha value is -1.31. The molecule has 7 heteroatoms. The number of hydrogen-bond donors (Lipinski definition) is 1. The van der Waals surface area contributed by atoms with E-state index in [0.717, 1.165) is 25.7 Å². The van der Waals surface area contributed by atoms with Crippen LogP contribution < -0.4 is 10.2 Å². The van der Waals surface area contributed by atoms with Crippen LogP contribution in [0.1, 0.15) is 9.67 Å². The van der Waals surface area contributed by atoms with Crippen LogP contribution in [0.4, 0.5) is 0 Å². The third-order valence-electron chi connectivity index (χ3n) is 2.47. The molecule has 2 aromatic rings. The molecule has 0 saturated heterocycles. The van der Waals surface area contributed by atoms with E-state index in [1.807, 2.05) is 6.07 Å². The van der Waals surface area contributed by atoms with Crippen LogP contribution in [0.25, 0.3) is 10.2 Å². The fraction of sp³-hybridized carbons (Fsp3) is 0.273. The predicted octanol–water partition coefficient (Wildman–Crippen LogP) is 2.07. The van der Waals surface area contributed by atoms with Crippen molar-refractivity contribution in [3.63, 3.8) is 0 Å². The zero-order valence-electron chi connectivity index (χ0n) is 9.56. The molecule has 0 unspecified atom stereocenters. The first kappa shape index (κ1) is 11.8. The van der Waals surface area contributed by atoms with Crippen molar-refractivity contribution in [2.45, 2.75) is 4.90 Å². The molecular weight excluding hydrogens is 272 g/mol. The number of carbonyl (C=O) groups excluding carboxylic acids is 1. The highest BCUT2D eigenvalue weighted by Gasteiger charge is 2.22. The molecule has 0 fully saturated rings. The Kier molecular flexibility index (Phi) is 3.11. The van der Waals surface area contributed by atoms with Gasteiger partial charge >= 0.3 is 0 Å². The van der Waals surface area contributed by atoms with Gasteiger partial charge in [0, 0.05) is 18.4 Å². The number of pyridine rings is 1. The van der Waals surface area contributed by atoms with E-state index in [2.05, 4.69) is 15.2 Å². The average molecular weight is 282 g/mol. The van der Waals surface area contributed by atoms with Gasteiger partial charge in [-0.05, 0) is 6.07 Å². The van der Waals surface area contributed by atoms with E-state index in [9.17, 15) is 4.79 Å². The Labute approximate surface area is 111 Å². The maximum Gasteiger partial charge on any atom is 0.262 e. The number of rotatable bonds is 2. The lowest BCUT2D eigenvalue weighted by atomic mass is 10.3. The Morgan fingerprint density at radius 3 is 3.17 bits per heavy atom. The van der Waals surface area contributed by atoms with E-state index in [4.69, 9.17) is 4.89 Å². The van der Waals surface area contributed by atoms with E-state index in [1.165, 1.54) is 18.4 Å². The van der Waals surface area contributed by atoms with E-state index in [-0.39, 0.29) is 5.91 Å². The number of carbonyl (C=O) groups is 1. The van der Waals surface area contributed by atoms with E-state index in [1.54, 1.807) is 17.8 Å². The fourth-order valence-electron chi connectivity index (χ4n) is 1.75. The van der Waals surface area contributed by atoms with Crippen molar-refractivity contribution in [3.05, 3.63) is 17.0 Å². The predicted molar refractivity (Wildman–Crippen MR) is 70.3 cm³/mol. The number of nitrogens with zero attached hydrogens (tertiary/aromatic N) is 1. The molecule has 18 heavy (non-hydrogen) atoms. The quantitative estimate of drug-likeness (QED) is 0.675. The summed E-state index contributed by atoms with van der Waals surface area (Å²) >= 11 is 3.10. The molecule has 2 aromatic heterocycles. The Morgan fingerprint density at radius 1 is 1.44 bits per heavy atom. The van der Waals surface area contributed by atoms with Crippen LogP contribution in [0.2, 0.25) is 0 Å². The molecule has 5 nitrogen and oxygen atoms in total. The average Bonchev–Trinajstić information content (AvgIpc) is 2.63. The second kappa shape index (κ2) is 4.75. The van der Waals surface area contributed by atoms with Crippen molar-refractivity contribution >= 4 is 39.2 Å². The van der Waals surface area contributed by atoms with Gasteiger partial charge in [-0.3, -0.25) is 4.79 Å². The maximum atomic E-state index is 11.9. The van der Waals surface area contributed by atoms with Gasteiger partial charge in [0.25, 0.3) is 11.8 Å². The van der Waals surface area contributed by atoms with E-state index < -0.39 is 0 Å². The minimum absolute atomic E-state index is 0.0211. The second-order valence-corrected chi connectivity index (χ2v) is 5.77. The van der Waals surface area contributed by atoms with E-state index in [0.29, 0.717) is 12.4 Å². The highest BCUT2D eigenvalue weighted by molar-refractivity contribution is 7.99. The molecule has 1 N–H and O–H groups in total. The van der Waals surface area contributed by atoms with Gasteiger partial charge in [0.05, 0.1) is 22.2 Å². The Bertz CT molecular complexity index is 612. The number of fused-ring (bicyclic) bond motifs is 3. The van der Waals surface area contributed by atoms with Gasteiger partial charge in [0.1, 0.15) is 4.88 Å². The first-order chi connectivity index (χ1) is 8.79. The lowest BCUT2D eigenvalue weighted by molar-refractivity contribution is -0.181. The van der Waals surface area contributed by atoms with Crippen LogP contribution >= 0.6 is 23.1 Å². The van der Waals surface area contributed by atoms with Crippen LogP contribution in [-0.4, -0.2) is 30.3 Å². The fourth-order valence-corrected chi connectivity index (χ4v) is 4.00. The molecule has 0 bridgehead atoms. The highest BCUT2D eigenvalue weighted by Crippen LogP contribution is 2.38. The topological polar surface area (TPSA) is 60.5 Å². The highest BCUT2D eigenvalue weighted by atomic mass is 32.2. The van der Waals surface area contributed by atoms with Gasteiger partial charge in [0.15, 0.2) is 0 Å². The van der Waals surface area contributed by atoms with Crippen LogP contribution in [0.3, 0.4) is 0 Å². The molecule has 0 aliphatic carbocycles. The summed E-state index contributed by atoms with van der Waals surface area (Å²) in [6.45, 7) is 0.681. The maximum absolute atomic E-state index is 11.9. The minimum atomic E-state index is -0.0211. The van der Waals surface area contributed by atoms with Gasteiger partial charge in [-0.15, -0.1) is 23.1 Å². The van der Waals surface area contributed by atoms with Gasteiger partial charge in [-0.1, -0.05) is 0 Å². The van der Waals surface area contributed by atoms with Crippen molar-refractivity contribution in [1.29, 1.82) is 0 Å². The third kappa shape index (κ3) is 1.94. The minimum Gasteiger partial charge on any atom is -0.350 e. The summed E-state index contributed by atoms with van der Waals surface area (Å²) in [5, 5.41) is 2.87. The number of amides is 1. The molecule has 0 aromatic carbocycles. The summed E-state index contributed by atoms with van der Waals surface area (Å²) in [6.07, 6.45) is 0. The summed E-state index contributed by atoms with van der Waals surface area (Å²) < 4.78 is 0.980. The molecule has 1 aliphatic heterocycles. The monoisotopic (exact) mass is 282 g/mol. The molecular formula is C11H10N2O3S2. The largest absolute Gasteiger partial charge is 0.350 e. The number of aromatic nitrogens is 1. The van der Waals surface area contributed by atoms with Gasteiger partial charge in [0.2, 0.25) is 0 Å². The molecule has 0 spiro atoms. The van der Waals surface area contributed by atoms with Crippen molar-refractivity contribution < 1.29 is 14.6 Å². The second-order valence-electron chi connectivity index (χ2n) is 3.61. The van der Waals surface area contributed by atoms with Crippen molar-refractivity contribution in [2.75, 3.05) is 19.4 Å².